The Hall–Kier alpha value is -0.840. The van der Waals surface area contributed by atoms with Gasteiger partial charge in [-0.3, -0.25) is 4.90 Å². The van der Waals surface area contributed by atoms with Gasteiger partial charge >= 0.3 is 0 Å². The van der Waals surface area contributed by atoms with Crippen LogP contribution in [0.25, 0.3) is 0 Å². The minimum Gasteiger partial charge on any atom is -0.468 e. The Morgan fingerprint density at radius 3 is 2.70 bits per heavy atom. The van der Waals surface area contributed by atoms with Gasteiger partial charge in [-0.2, -0.15) is 0 Å². The van der Waals surface area contributed by atoms with Gasteiger partial charge < -0.3 is 14.5 Å². The minimum absolute atomic E-state index is 0.299. The maximum absolute atomic E-state index is 5.58. The summed E-state index contributed by atoms with van der Waals surface area (Å²) in [5.41, 5.74) is 1.26. The summed E-state index contributed by atoms with van der Waals surface area (Å²) in [6.07, 6.45) is 2.08. The first-order chi connectivity index (χ1) is 9.49. The molecular formula is C16H30N2O2. The number of likely N-dealkylation sites (N-methyl/N-ethyl adjacent to an activating group) is 1. The molecule has 0 fully saturated rings. The van der Waals surface area contributed by atoms with E-state index in [9.17, 15) is 0 Å². The van der Waals surface area contributed by atoms with E-state index in [4.69, 9.17) is 9.15 Å². The zero-order chi connectivity index (χ0) is 15.0. The van der Waals surface area contributed by atoms with E-state index in [0.717, 1.165) is 38.5 Å². The molecule has 0 aromatic carbocycles. The first kappa shape index (κ1) is 17.2. The third-order valence-corrected chi connectivity index (χ3v) is 3.04. The maximum atomic E-state index is 5.58. The molecule has 1 aromatic heterocycles. The van der Waals surface area contributed by atoms with Gasteiger partial charge in [0.1, 0.15) is 5.76 Å². The van der Waals surface area contributed by atoms with Crippen molar-refractivity contribution in [3.05, 3.63) is 23.7 Å². The predicted molar refractivity (Wildman–Crippen MR) is 82.7 cm³/mol. The predicted octanol–water partition coefficient (Wildman–Crippen LogP) is 2.88. The van der Waals surface area contributed by atoms with Crippen LogP contribution in [0.2, 0.25) is 0 Å². The topological polar surface area (TPSA) is 37.6 Å². The second-order valence-electron chi connectivity index (χ2n) is 6.05. The highest BCUT2D eigenvalue weighted by molar-refractivity contribution is 5.16. The van der Waals surface area contributed by atoms with Crippen LogP contribution in [0.15, 0.2) is 16.7 Å². The van der Waals surface area contributed by atoms with Crippen LogP contribution in [-0.2, 0) is 17.8 Å². The lowest BCUT2D eigenvalue weighted by molar-refractivity contribution is 0.0626. The number of nitrogens with one attached hydrogen (secondary N) is 1. The zero-order valence-corrected chi connectivity index (χ0v) is 13.6. The van der Waals surface area contributed by atoms with Crippen molar-refractivity contribution in [3.63, 3.8) is 0 Å². The molecule has 4 heteroatoms. The van der Waals surface area contributed by atoms with Crippen LogP contribution in [-0.4, -0.2) is 37.7 Å². The molecule has 0 saturated carbocycles. The van der Waals surface area contributed by atoms with Gasteiger partial charge in [-0.1, -0.05) is 13.8 Å². The van der Waals surface area contributed by atoms with Gasteiger partial charge in [0.2, 0.25) is 0 Å². The largest absolute Gasteiger partial charge is 0.468 e. The Morgan fingerprint density at radius 1 is 1.30 bits per heavy atom. The molecule has 4 nitrogen and oxygen atoms in total. The van der Waals surface area contributed by atoms with E-state index in [1.54, 1.807) is 6.26 Å². The van der Waals surface area contributed by atoms with E-state index in [-0.39, 0.29) is 0 Å². The van der Waals surface area contributed by atoms with Crippen LogP contribution in [0.1, 0.15) is 39.0 Å². The monoisotopic (exact) mass is 282 g/mol. The highest BCUT2D eigenvalue weighted by atomic mass is 16.5. The van der Waals surface area contributed by atoms with Crippen LogP contribution in [0.5, 0.6) is 0 Å². The Kier molecular flexibility index (Phi) is 7.88. The smallest absolute Gasteiger partial charge is 0.122 e. The van der Waals surface area contributed by atoms with Gasteiger partial charge in [-0.15, -0.1) is 0 Å². The summed E-state index contributed by atoms with van der Waals surface area (Å²) in [6.45, 7) is 13.0. The van der Waals surface area contributed by atoms with Crippen molar-refractivity contribution in [1.29, 1.82) is 0 Å². The van der Waals surface area contributed by atoms with Crippen molar-refractivity contribution in [3.8, 4) is 0 Å². The van der Waals surface area contributed by atoms with E-state index in [0.29, 0.717) is 12.0 Å². The van der Waals surface area contributed by atoms with Gasteiger partial charge in [0.15, 0.2) is 0 Å². The fraction of sp³-hybridized carbons (Fsp3) is 0.750. The molecule has 0 atom stereocenters. The van der Waals surface area contributed by atoms with Gasteiger partial charge in [0, 0.05) is 18.7 Å². The van der Waals surface area contributed by atoms with Crippen molar-refractivity contribution in [2.45, 2.75) is 46.9 Å². The fourth-order valence-corrected chi connectivity index (χ4v) is 1.95. The van der Waals surface area contributed by atoms with Crippen molar-refractivity contribution >= 4 is 0 Å². The molecule has 0 aliphatic rings. The van der Waals surface area contributed by atoms with Crippen LogP contribution in [0.3, 0.4) is 0 Å². The molecule has 0 aliphatic carbocycles. The Bertz CT molecular complexity index is 361. The van der Waals surface area contributed by atoms with Crippen LogP contribution in [0.4, 0.5) is 0 Å². The lowest BCUT2D eigenvalue weighted by Gasteiger charge is -2.17. The molecule has 0 spiro atoms. The zero-order valence-electron chi connectivity index (χ0n) is 13.6. The lowest BCUT2D eigenvalue weighted by Crippen LogP contribution is -2.25. The molecule has 1 heterocycles. The van der Waals surface area contributed by atoms with Crippen molar-refractivity contribution in [2.75, 3.05) is 26.7 Å². The van der Waals surface area contributed by atoms with Crippen LogP contribution < -0.4 is 5.32 Å². The maximum Gasteiger partial charge on any atom is 0.122 e. The van der Waals surface area contributed by atoms with E-state index < -0.39 is 0 Å². The summed E-state index contributed by atoms with van der Waals surface area (Å²) in [4.78, 5) is 2.26. The molecule has 0 aliphatic heterocycles. The number of hydrogen-bond donors (Lipinski definition) is 1. The second kappa shape index (κ2) is 9.16. The highest BCUT2D eigenvalue weighted by Gasteiger charge is 2.09. The van der Waals surface area contributed by atoms with Gasteiger partial charge in [-0.25, -0.2) is 0 Å². The third-order valence-electron chi connectivity index (χ3n) is 3.04. The first-order valence-electron chi connectivity index (χ1n) is 7.55. The SMILES string of the molecule is CC(C)CNCc1occc1CN(C)CCOC(C)C. The normalized spacial score (nSPS) is 12.0. The van der Waals surface area contributed by atoms with Gasteiger partial charge in [0.25, 0.3) is 0 Å². The molecule has 0 amide bonds. The number of furan rings is 1. The van der Waals surface area contributed by atoms with Gasteiger partial charge in [0.05, 0.1) is 25.5 Å². The second-order valence-corrected chi connectivity index (χ2v) is 6.05. The van der Waals surface area contributed by atoms with Crippen LogP contribution in [0, 0.1) is 5.92 Å². The average molecular weight is 282 g/mol. The fourth-order valence-electron chi connectivity index (χ4n) is 1.95. The lowest BCUT2D eigenvalue weighted by atomic mass is 10.2. The summed E-state index contributed by atoms with van der Waals surface area (Å²) >= 11 is 0. The summed E-state index contributed by atoms with van der Waals surface area (Å²) in [7, 11) is 2.11. The molecule has 1 rings (SSSR count). The Morgan fingerprint density at radius 2 is 2.05 bits per heavy atom. The molecule has 0 unspecified atom stereocenters. The Labute approximate surface area is 123 Å². The van der Waals surface area contributed by atoms with Crippen LogP contribution >= 0.6 is 0 Å². The van der Waals surface area contributed by atoms with E-state index in [1.807, 2.05) is 0 Å². The average Bonchev–Trinajstić information content (AvgIpc) is 2.75. The number of rotatable bonds is 10. The summed E-state index contributed by atoms with van der Waals surface area (Å²) in [5, 5.41) is 3.42. The number of nitrogens with zero attached hydrogens (tertiary/aromatic N) is 1. The van der Waals surface area contributed by atoms with E-state index in [1.165, 1.54) is 5.56 Å². The summed E-state index contributed by atoms with van der Waals surface area (Å²) < 4.78 is 11.1. The molecule has 0 bridgehead atoms. The number of hydrogen-bond acceptors (Lipinski definition) is 4. The molecule has 1 N–H and O–H groups in total. The standard InChI is InChI=1S/C16H30N2O2/c1-13(2)10-17-11-16-15(6-8-20-16)12-18(5)7-9-19-14(3)4/h6,8,13-14,17H,7,9-12H2,1-5H3. The molecule has 116 valence electrons. The van der Waals surface area contributed by atoms with Crippen molar-refractivity contribution in [2.24, 2.45) is 5.92 Å². The summed E-state index contributed by atoms with van der Waals surface area (Å²) in [6, 6.07) is 2.06. The minimum atomic E-state index is 0.299. The first-order valence-corrected chi connectivity index (χ1v) is 7.55. The number of ether oxygens (including phenoxy) is 1. The third kappa shape index (κ3) is 7.08. The molecular weight excluding hydrogens is 252 g/mol. The van der Waals surface area contributed by atoms with Crippen molar-refractivity contribution < 1.29 is 9.15 Å². The van der Waals surface area contributed by atoms with E-state index in [2.05, 4.69) is 51.0 Å². The highest BCUT2D eigenvalue weighted by Crippen LogP contribution is 2.12. The Balaban J connectivity index is 2.34. The molecule has 0 saturated heterocycles. The summed E-state index contributed by atoms with van der Waals surface area (Å²) in [5.74, 6) is 1.70. The molecule has 0 radical (unpaired) electrons. The van der Waals surface area contributed by atoms with Crippen molar-refractivity contribution in [1.82, 2.24) is 10.2 Å². The quantitative estimate of drug-likeness (QED) is 0.716. The van der Waals surface area contributed by atoms with E-state index >= 15 is 0 Å². The van der Waals surface area contributed by atoms with Gasteiger partial charge in [-0.05, 0) is 39.4 Å². The molecule has 1 aromatic rings. The molecule has 20 heavy (non-hydrogen) atoms.